The van der Waals surface area contributed by atoms with E-state index in [9.17, 15) is 9.70 Å². The Bertz CT molecular complexity index is 683. The van der Waals surface area contributed by atoms with E-state index in [1.807, 2.05) is 6.07 Å². The van der Waals surface area contributed by atoms with Crippen LogP contribution in [0.1, 0.15) is 21.6 Å². The van der Waals surface area contributed by atoms with Crippen molar-refractivity contribution in [3.63, 3.8) is 0 Å². The Balaban J connectivity index is 2.25. The van der Waals surface area contributed by atoms with Gasteiger partial charge in [-0.15, -0.1) is 9.59 Å². The fraction of sp³-hybridized carbons (Fsp3) is 0.154. The number of carbonyl (C=O) groups is 1. The van der Waals surface area contributed by atoms with Crippen LogP contribution < -0.4 is 4.68 Å². The van der Waals surface area contributed by atoms with Gasteiger partial charge in [0.1, 0.15) is 0 Å². The van der Waals surface area contributed by atoms with Crippen molar-refractivity contribution >= 4 is 11.7 Å². The molecule has 0 aliphatic carbocycles. The largest absolute Gasteiger partial charge is 0.464 e. The molecule has 7 nitrogen and oxygen atoms in total. The van der Waals surface area contributed by atoms with E-state index in [1.54, 1.807) is 28.9 Å². The Morgan fingerprint density at radius 2 is 2.15 bits per heavy atom. The molecule has 20 heavy (non-hydrogen) atoms. The van der Waals surface area contributed by atoms with E-state index in [2.05, 4.69) is 15.0 Å². The number of methoxy groups -OCH3 is 1. The molecule has 0 amide bonds. The van der Waals surface area contributed by atoms with Crippen molar-refractivity contribution in [3.05, 3.63) is 52.2 Å². The molecule has 1 aromatic carbocycles. The van der Waals surface area contributed by atoms with Crippen molar-refractivity contribution in [2.24, 2.45) is 5.18 Å². The van der Waals surface area contributed by atoms with Crippen molar-refractivity contribution < 1.29 is 14.2 Å². The lowest BCUT2D eigenvalue weighted by Gasteiger charge is -1.95. The highest BCUT2D eigenvalue weighted by Gasteiger charge is 2.22. The quantitative estimate of drug-likeness (QED) is 0.516. The molecule has 1 heterocycles. The first-order valence-corrected chi connectivity index (χ1v) is 5.71. The van der Waals surface area contributed by atoms with E-state index in [1.165, 1.54) is 13.3 Å². The second-order valence-electron chi connectivity index (χ2n) is 4.02. The second kappa shape index (κ2) is 5.75. The molecule has 2 aromatic rings. The number of aromatic nitrogens is 2. The molecule has 0 unspecified atom stereocenters. The number of nitrogens with zero attached hydrogens (tertiary/aromatic N) is 3. The fourth-order valence-electron chi connectivity index (χ4n) is 1.73. The van der Waals surface area contributed by atoms with E-state index in [0.717, 1.165) is 5.56 Å². The van der Waals surface area contributed by atoms with Gasteiger partial charge in [-0.1, -0.05) is 12.1 Å². The molecule has 2 rings (SSSR count). The number of nitriles is 1. The molecule has 1 aromatic heterocycles. The van der Waals surface area contributed by atoms with Gasteiger partial charge in [0.25, 0.3) is 0 Å². The predicted octanol–water partition coefficient (Wildman–Crippen LogP) is 1.41. The van der Waals surface area contributed by atoms with Crippen LogP contribution in [0, 0.1) is 16.2 Å². The van der Waals surface area contributed by atoms with E-state index in [0.29, 0.717) is 12.1 Å². The highest BCUT2D eigenvalue weighted by Crippen LogP contribution is 2.15. The Kier molecular flexibility index (Phi) is 3.86. The minimum atomic E-state index is -0.654. The Morgan fingerprint density at radius 1 is 1.45 bits per heavy atom. The normalized spacial score (nSPS) is 9.80. The summed E-state index contributed by atoms with van der Waals surface area (Å²) in [6.07, 6.45) is 1.43. The number of aromatic amines is 1. The number of hydrogen-bond acceptors (Lipinski definition) is 5. The summed E-state index contributed by atoms with van der Waals surface area (Å²) < 4.78 is 6.10. The first-order valence-electron chi connectivity index (χ1n) is 5.71. The monoisotopic (exact) mass is 271 g/mol. The molecule has 0 atom stereocenters. The van der Waals surface area contributed by atoms with Gasteiger partial charge >= 0.3 is 5.97 Å². The molecule has 0 fully saturated rings. The number of carbonyl (C=O) groups excluding carboxylic acids is 1. The summed E-state index contributed by atoms with van der Waals surface area (Å²) in [4.78, 5) is 22.1. The van der Waals surface area contributed by atoms with Gasteiger partial charge in [-0.25, -0.2) is 4.79 Å². The number of rotatable bonds is 4. The number of H-pyrrole nitrogens is 1. The summed E-state index contributed by atoms with van der Waals surface area (Å²) in [6.45, 7) is 0.408. The molecule has 0 radical (unpaired) electrons. The zero-order valence-corrected chi connectivity index (χ0v) is 10.7. The summed E-state index contributed by atoms with van der Waals surface area (Å²) in [5.41, 5.74) is 1.47. The Hall–Kier alpha value is -3.01. The highest BCUT2D eigenvalue weighted by molar-refractivity contribution is 5.91. The fourth-order valence-corrected chi connectivity index (χ4v) is 1.73. The van der Waals surface area contributed by atoms with Crippen molar-refractivity contribution in [1.82, 2.24) is 5.10 Å². The number of nitroso groups, excluding NO2 is 1. The van der Waals surface area contributed by atoms with E-state index in [4.69, 9.17) is 5.26 Å². The summed E-state index contributed by atoms with van der Waals surface area (Å²) in [5.74, 6) is -0.654. The third-order valence-corrected chi connectivity index (χ3v) is 2.71. The lowest BCUT2D eigenvalue weighted by molar-refractivity contribution is -0.742. The van der Waals surface area contributed by atoms with Crippen LogP contribution >= 0.6 is 0 Å². The molecular formula is C13H11N4O3+. The van der Waals surface area contributed by atoms with Gasteiger partial charge in [-0.05, 0) is 17.3 Å². The van der Waals surface area contributed by atoms with E-state index < -0.39 is 5.97 Å². The van der Waals surface area contributed by atoms with Gasteiger partial charge in [0, 0.05) is 5.56 Å². The molecule has 7 heteroatoms. The Labute approximate surface area is 114 Å². The Morgan fingerprint density at radius 3 is 2.70 bits per heavy atom. The zero-order valence-electron chi connectivity index (χ0n) is 10.7. The van der Waals surface area contributed by atoms with E-state index >= 15 is 0 Å². The van der Waals surface area contributed by atoms with Crippen LogP contribution in [-0.2, 0) is 11.3 Å². The maximum absolute atomic E-state index is 11.4. The van der Waals surface area contributed by atoms with Gasteiger partial charge in [0.2, 0.25) is 17.6 Å². The van der Waals surface area contributed by atoms with Crippen LogP contribution in [0.15, 0.2) is 35.6 Å². The number of nitrogens with one attached hydrogen (secondary N) is 1. The molecule has 0 aliphatic rings. The maximum Gasteiger partial charge on any atom is 0.362 e. The summed E-state index contributed by atoms with van der Waals surface area (Å²) in [7, 11) is 1.22. The lowest BCUT2D eigenvalue weighted by atomic mass is 10.1. The number of ether oxygens (including phenoxy) is 1. The second-order valence-corrected chi connectivity index (χ2v) is 4.02. The van der Waals surface area contributed by atoms with Gasteiger partial charge in [-0.3, -0.25) is 0 Å². The van der Waals surface area contributed by atoms with Crippen LogP contribution in [0.5, 0.6) is 0 Å². The lowest BCUT2D eigenvalue weighted by Crippen LogP contribution is -2.36. The van der Waals surface area contributed by atoms with Crippen molar-refractivity contribution in [2.75, 3.05) is 7.11 Å². The zero-order chi connectivity index (χ0) is 14.5. The molecule has 0 saturated heterocycles. The summed E-state index contributed by atoms with van der Waals surface area (Å²) >= 11 is 0. The van der Waals surface area contributed by atoms with Gasteiger partial charge in [0.15, 0.2) is 6.54 Å². The standard InChI is InChI=1S/C13H10N4O3/c1-20-13(18)12-11(16-19)8-17(15-12)7-10-4-2-9(6-14)3-5-10/h2-5,8H,7H2,1H3/p+1. The minimum absolute atomic E-state index is 0.00880. The van der Waals surface area contributed by atoms with Crippen LogP contribution in [-0.4, -0.2) is 18.2 Å². The maximum atomic E-state index is 11.4. The molecule has 1 N–H and O–H groups in total. The SMILES string of the molecule is COC(=O)c1[nH][n+](Cc2ccc(C#N)cc2)cc1N=O. The van der Waals surface area contributed by atoms with Gasteiger partial charge < -0.3 is 4.74 Å². The van der Waals surface area contributed by atoms with Crippen molar-refractivity contribution in [3.8, 4) is 6.07 Å². The first-order chi connectivity index (χ1) is 9.67. The molecule has 0 saturated carbocycles. The highest BCUT2D eigenvalue weighted by atomic mass is 16.5. The predicted molar refractivity (Wildman–Crippen MR) is 68.0 cm³/mol. The molecule has 0 spiro atoms. The first kappa shape index (κ1) is 13.4. The molecule has 100 valence electrons. The number of benzene rings is 1. The van der Waals surface area contributed by atoms with Gasteiger partial charge in [0.05, 0.1) is 18.7 Å². The van der Waals surface area contributed by atoms with Gasteiger partial charge in [-0.2, -0.15) is 10.4 Å². The van der Waals surface area contributed by atoms with Crippen LogP contribution in [0.3, 0.4) is 0 Å². The van der Waals surface area contributed by atoms with Crippen LogP contribution in [0.4, 0.5) is 5.69 Å². The topological polar surface area (TPSA) is 99.2 Å². The molecular weight excluding hydrogens is 260 g/mol. The van der Waals surface area contributed by atoms with Crippen LogP contribution in [0.25, 0.3) is 0 Å². The number of esters is 1. The van der Waals surface area contributed by atoms with Crippen molar-refractivity contribution in [1.29, 1.82) is 5.26 Å². The van der Waals surface area contributed by atoms with Crippen LogP contribution in [0.2, 0.25) is 0 Å². The van der Waals surface area contributed by atoms with E-state index in [-0.39, 0.29) is 11.4 Å². The smallest absolute Gasteiger partial charge is 0.362 e. The number of hydrogen-bond donors (Lipinski definition) is 1. The molecule has 0 aliphatic heterocycles. The minimum Gasteiger partial charge on any atom is -0.464 e. The summed E-state index contributed by atoms with van der Waals surface area (Å²) in [6, 6.07) is 9.00. The molecule has 0 bridgehead atoms. The average Bonchev–Trinajstić information content (AvgIpc) is 2.90. The van der Waals surface area contributed by atoms with Crippen molar-refractivity contribution in [2.45, 2.75) is 6.54 Å². The third-order valence-electron chi connectivity index (χ3n) is 2.71. The average molecular weight is 271 g/mol. The third kappa shape index (κ3) is 2.70. The summed E-state index contributed by atoms with van der Waals surface area (Å²) in [5, 5.41) is 14.2.